The average molecular weight is 359 g/mol. The second-order valence-corrected chi connectivity index (χ2v) is 7.21. The van der Waals surface area contributed by atoms with Crippen LogP contribution in [0.3, 0.4) is 0 Å². The Morgan fingerprint density at radius 2 is 0.680 bits per heavy atom. The van der Waals surface area contributed by atoms with E-state index in [0.717, 1.165) is 26.1 Å². The first-order valence-electron chi connectivity index (χ1n) is 11.1. The van der Waals surface area contributed by atoms with E-state index in [2.05, 4.69) is 13.8 Å². The molecule has 3 nitrogen and oxygen atoms in total. The van der Waals surface area contributed by atoms with Gasteiger partial charge in [0.25, 0.3) is 0 Å². The smallest absolute Gasteiger partial charge is 0.149 e. The normalized spacial score (nSPS) is 11.3. The highest BCUT2D eigenvalue weighted by Gasteiger charge is 1.94. The summed E-state index contributed by atoms with van der Waals surface area (Å²) in [4.78, 5) is 0. The minimum Gasteiger partial charge on any atom is -0.355 e. The van der Waals surface area contributed by atoms with E-state index >= 15 is 0 Å². The Kier molecular flexibility index (Phi) is 23.8. The van der Waals surface area contributed by atoms with Gasteiger partial charge in [-0.2, -0.15) is 0 Å². The highest BCUT2D eigenvalue weighted by atomic mass is 16.7. The van der Waals surface area contributed by atoms with Gasteiger partial charge in [0.2, 0.25) is 0 Å². The van der Waals surface area contributed by atoms with Crippen molar-refractivity contribution in [2.75, 3.05) is 26.8 Å². The maximum Gasteiger partial charge on any atom is 0.149 e. The molecule has 0 spiro atoms. The van der Waals surface area contributed by atoms with Crippen molar-refractivity contribution in [3.8, 4) is 0 Å². The predicted molar refractivity (Wildman–Crippen MR) is 108 cm³/mol. The van der Waals surface area contributed by atoms with Crippen molar-refractivity contribution in [1.82, 2.24) is 0 Å². The van der Waals surface area contributed by atoms with Crippen molar-refractivity contribution in [2.24, 2.45) is 0 Å². The molecule has 0 amide bonds. The molecule has 25 heavy (non-hydrogen) atoms. The summed E-state index contributed by atoms with van der Waals surface area (Å²) in [5, 5.41) is 0. The summed E-state index contributed by atoms with van der Waals surface area (Å²) in [6, 6.07) is 0. The zero-order chi connectivity index (χ0) is 18.3. The van der Waals surface area contributed by atoms with Crippen molar-refractivity contribution in [2.45, 2.75) is 117 Å². The topological polar surface area (TPSA) is 27.7 Å². The summed E-state index contributed by atoms with van der Waals surface area (Å²) >= 11 is 0. The first-order valence-corrected chi connectivity index (χ1v) is 11.1. The van der Waals surface area contributed by atoms with Crippen molar-refractivity contribution < 1.29 is 14.2 Å². The third kappa shape index (κ3) is 23.9. The van der Waals surface area contributed by atoms with Gasteiger partial charge in [0.05, 0.1) is 0 Å². The second-order valence-electron chi connectivity index (χ2n) is 7.21. The van der Waals surface area contributed by atoms with E-state index in [1.807, 2.05) is 0 Å². The molecule has 0 unspecified atom stereocenters. The second kappa shape index (κ2) is 23.9. The first kappa shape index (κ1) is 24.9. The molecule has 0 aliphatic heterocycles. The summed E-state index contributed by atoms with van der Waals surface area (Å²) in [7, 11) is 0. The molecule has 3 heteroatoms. The minimum absolute atomic E-state index is 0.369. The molecule has 0 atom stereocenters. The monoisotopic (exact) mass is 358 g/mol. The van der Waals surface area contributed by atoms with Crippen LogP contribution in [0.5, 0.6) is 0 Å². The highest BCUT2D eigenvalue weighted by molar-refractivity contribution is 4.46. The molecule has 0 heterocycles. The lowest BCUT2D eigenvalue weighted by Crippen LogP contribution is -2.06. The Morgan fingerprint density at radius 3 is 1.04 bits per heavy atom. The molecule has 0 aromatic carbocycles. The maximum absolute atomic E-state index is 5.47. The van der Waals surface area contributed by atoms with Crippen molar-refractivity contribution >= 4 is 0 Å². The third-order valence-corrected chi connectivity index (χ3v) is 4.62. The van der Waals surface area contributed by atoms with Crippen LogP contribution in [0.25, 0.3) is 0 Å². The van der Waals surface area contributed by atoms with E-state index < -0.39 is 0 Å². The molecule has 0 bridgehead atoms. The van der Waals surface area contributed by atoms with Crippen LogP contribution < -0.4 is 0 Å². The quantitative estimate of drug-likeness (QED) is 0.151. The lowest BCUT2D eigenvalue weighted by atomic mass is 10.1. The molecular weight excluding hydrogens is 312 g/mol. The van der Waals surface area contributed by atoms with Crippen LogP contribution in [0.4, 0.5) is 0 Å². The molecule has 0 N–H and O–H groups in total. The molecule has 0 fully saturated rings. The molecule has 152 valence electrons. The molecule has 0 aromatic heterocycles. The van der Waals surface area contributed by atoms with Gasteiger partial charge in [-0.05, 0) is 12.8 Å². The Morgan fingerprint density at radius 1 is 0.360 bits per heavy atom. The molecule has 0 aromatic rings. The standard InChI is InChI=1S/C22H46O3/c1-3-5-7-9-11-13-15-17-19-23-21-25-22-24-20-18-16-14-12-10-8-6-4-2/h3-22H2,1-2H3. The highest BCUT2D eigenvalue weighted by Crippen LogP contribution is 2.09. The number of rotatable bonds is 22. The van der Waals surface area contributed by atoms with E-state index in [9.17, 15) is 0 Å². The molecule has 0 rings (SSSR count). The number of hydrogen-bond donors (Lipinski definition) is 0. The van der Waals surface area contributed by atoms with E-state index in [4.69, 9.17) is 14.2 Å². The summed E-state index contributed by atoms with van der Waals surface area (Å²) in [6.45, 7) is 6.89. The molecule has 0 aliphatic rings. The zero-order valence-electron chi connectivity index (χ0n) is 17.4. The van der Waals surface area contributed by atoms with Crippen LogP contribution in [0.15, 0.2) is 0 Å². The molecular formula is C22H46O3. The van der Waals surface area contributed by atoms with E-state index in [-0.39, 0.29) is 0 Å². The molecule has 0 radical (unpaired) electrons. The third-order valence-electron chi connectivity index (χ3n) is 4.62. The lowest BCUT2D eigenvalue weighted by molar-refractivity contribution is -0.131. The number of hydrogen-bond acceptors (Lipinski definition) is 3. The fourth-order valence-corrected chi connectivity index (χ4v) is 2.95. The first-order chi connectivity index (χ1) is 12.4. The summed E-state index contributed by atoms with van der Waals surface area (Å²) < 4.78 is 16.3. The van der Waals surface area contributed by atoms with Crippen molar-refractivity contribution in [3.05, 3.63) is 0 Å². The molecule has 0 aliphatic carbocycles. The van der Waals surface area contributed by atoms with Crippen LogP contribution in [0.2, 0.25) is 0 Å². The van der Waals surface area contributed by atoms with Gasteiger partial charge in [-0.3, -0.25) is 0 Å². The van der Waals surface area contributed by atoms with Crippen LogP contribution in [0, 0.1) is 0 Å². The number of ether oxygens (including phenoxy) is 3. The Labute approximate surface area is 158 Å². The van der Waals surface area contributed by atoms with E-state index in [1.54, 1.807) is 0 Å². The van der Waals surface area contributed by atoms with Crippen molar-refractivity contribution in [3.63, 3.8) is 0 Å². The Bertz CT molecular complexity index is 199. The van der Waals surface area contributed by atoms with Gasteiger partial charge in [-0.15, -0.1) is 0 Å². The van der Waals surface area contributed by atoms with Crippen LogP contribution in [-0.2, 0) is 14.2 Å². The SMILES string of the molecule is CCCCCCCCCCOCOCOCCCCCCCCCC. The van der Waals surface area contributed by atoms with Gasteiger partial charge in [0, 0.05) is 13.2 Å². The van der Waals surface area contributed by atoms with Crippen molar-refractivity contribution in [1.29, 1.82) is 0 Å². The Hall–Kier alpha value is -0.120. The van der Waals surface area contributed by atoms with Gasteiger partial charge in [-0.25, -0.2) is 0 Å². The fourth-order valence-electron chi connectivity index (χ4n) is 2.95. The summed E-state index contributed by atoms with van der Waals surface area (Å²) in [6.07, 6.45) is 21.3. The molecule has 0 saturated heterocycles. The summed E-state index contributed by atoms with van der Waals surface area (Å²) in [5.41, 5.74) is 0. The largest absolute Gasteiger partial charge is 0.355 e. The summed E-state index contributed by atoms with van der Waals surface area (Å²) in [5.74, 6) is 0. The molecule has 0 saturated carbocycles. The minimum atomic E-state index is 0.369. The van der Waals surface area contributed by atoms with Gasteiger partial charge < -0.3 is 14.2 Å². The van der Waals surface area contributed by atoms with Crippen LogP contribution in [-0.4, -0.2) is 26.8 Å². The van der Waals surface area contributed by atoms with Gasteiger partial charge in [0.15, 0.2) is 0 Å². The van der Waals surface area contributed by atoms with Gasteiger partial charge in [0.1, 0.15) is 13.6 Å². The fraction of sp³-hybridized carbons (Fsp3) is 1.00. The number of unbranched alkanes of at least 4 members (excludes halogenated alkanes) is 14. The predicted octanol–water partition coefficient (Wildman–Crippen LogP) is 7.23. The van der Waals surface area contributed by atoms with Gasteiger partial charge >= 0.3 is 0 Å². The van der Waals surface area contributed by atoms with Gasteiger partial charge in [-0.1, -0.05) is 104 Å². The lowest BCUT2D eigenvalue weighted by Gasteiger charge is -2.07. The zero-order valence-corrected chi connectivity index (χ0v) is 17.4. The van der Waals surface area contributed by atoms with Crippen LogP contribution >= 0.6 is 0 Å². The van der Waals surface area contributed by atoms with Crippen LogP contribution in [0.1, 0.15) is 117 Å². The van der Waals surface area contributed by atoms with E-state index in [0.29, 0.717) is 13.6 Å². The Balaban J connectivity index is 2.94. The maximum atomic E-state index is 5.47. The van der Waals surface area contributed by atoms with E-state index in [1.165, 1.54) is 89.9 Å². The average Bonchev–Trinajstić information content (AvgIpc) is 2.63.